The minimum Gasteiger partial charge on any atom is -0.507 e. The zero-order valence-electron chi connectivity index (χ0n) is 51.1. The number of carbonyl (C=O) groups is 7. The first-order chi connectivity index (χ1) is 41.6. The molecule has 0 saturated carbocycles. The number of nitrogens with zero attached hydrogens (tertiary/aromatic N) is 3. The fraction of sp³-hybridized carbons (Fsp3) is 0.385. The third-order valence-electron chi connectivity index (χ3n) is 16.1. The van der Waals surface area contributed by atoms with Gasteiger partial charge in [-0.1, -0.05) is 88.4 Å². The third kappa shape index (κ3) is 13.4. The number of ketones is 4. The summed E-state index contributed by atoms with van der Waals surface area (Å²) in [5.74, 6) is -14.0. The number of anilines is 1. The first kappa shape index (κ1) is 60.5. The lowest BCUT2D eigenvalue weighted by Gasteiger charge is -2.38. The van der Waals surface area contributed by atoms with Crippen molar-refractivity contribution in [3.63, 3.8) is 0 Å². The number of phenols is 1. The molecule has 5 bridgehead atoms. The molecule has 4 aliphatic heterocycles. The van der Waals surface area contributed by atoms with Gasteiger partial charge in [0.15, 0.2) is 11.6 Å². The summed E-state index contributed by atoms with van der Waals surface area (Å²) in [5.41, 5.74) is -2.55. The molecule has 1 unspecified atom stereocenters. The molecule has 1 fully saturated rings. The average Bonchev–Trinajstić information content (AvgIpc) is 1.49. The number of hydrogen-bond donors (Lipinski definition) is 5. The van der Waals surface area contributed by atoms with Gasteiger partial charge in [0, 0.05) is 83.7 Å². The minimum absolute atomic E-state index is 0.0180. The molecule has 5 N–H and O–H groups in total. The number of aliphatic hydroxyl groups is 2. The normalized spacial score (nSPS) is 27.0. The van der Waals surface area contributed by atoms with Crippen molar-refractivity contribution in [3.05, 3.63) is 171 Å². The van der Waals surface area contributed by atoms with E-state index in [4.69, 9.17) is 21.7 Å². The fourth-order valence-corrected chi connectivity index (χ4v) is 11.1. The van der Waals surface area contributed by atoms with Crippen molar-refractivity contribution < 1.29 is 79.4 Å². The molecule has 4 aromatic rings. The average molecular weight is 1190 g/mol. The molecule has 1 saturated heterocycles. The fourth-order valence-electron chi connectivity index (χ4n) is 11.1. The second-order valence-electron chi connectivity index (χ2n) is 22.1. The highest BCUT2D eigenvalue weighted by Crippen LogP contribution is 2.49. The summed E-state index contributed by atoms with van der Waals surface area (Å²) in [4.78, 5) is 101. The van der Waals surface area contributed by atoms with Crippen molar-refractivity contribution in [2.75, 3.05) is 38.2 Å². The van der Waals surface area contributed by atoms with E-state index in [1.54, 1.807) is 52.0 Å². The summed E-state index contributed by atoms with van der Waals surface area (Å²) in [7, 11) is 1.39. The van der Waals surface area contributed by atoms with Crippen LogP contribution in [-0.4, -0.2) is 137 Å². The molecule has 21 heteroatoms. The molecule has 9 rings (SSSR count). The molecule has 4 heterocycles. The van der Waals surface area contributed by atoms with Crippen molar-refractivity contribution in [1.82, 2.24) is 15.6 Å². The van der Waals surface area contributed by atoms with E-state index in [0.717, 1.165) is 24.6 Å². The van der Waals surface area contributed by atoms with Gasteiger partial charge >= 0.3 is 11.8 Å². The van der Waals surface area contributed by atoms with E-state index < -0.39 is 165 Å². The molecule has 454 valence electrons. The Balaban J connectivity index is 1.11. The monoisotopic (exact) mass is 1190 g/mol. The zero-order chi connectivity index (χ0) is 64.3. The van der Waals surface area contributed by atoms with E-state index in [1.807, 2.05) is 4.90 Å². The van der Waals surface area contributed by atoms with Crippen LogP contribution >= 0.6 is 0 Å². The maximum absolute atomic E-state index is 15.2. The number of halogens is 2. The Kier molecular flexibility index (Phi) is 18.8. The molecular formula is C65H71F2N5O14. The quantitative estimate of drug-likeness (QED) is 0.0692. The Labute approximate surface area is 499 Å². The Morgan fingerprint density at radius 3 is 2.26 bits per heavy atom. The molecule has 0 radical (unpaired) electrons. The van der Waals surface area contributed by atoms with Crippen molar-refractivity contribution >= 4 is 52.8 Å². The van der Waals surface area contributed by atoms with Gasteiger partial charge in [0.25, 0.3) is 17.6 Å². The van der Waals surface area contributed by atoms with E-state index >= 15 is 9.18 Å². The Morgan fingerprint density at radius 1 is 0.895 bits per heavy atom. The number of esters is 1. The minimum atomic E-state index is -2.53. The number of Topliss-reactive ketones (excluding diaryl/α,β-unsaturated/α-hetero) is 4. The molecule has 1 aliphatic carbocycles. The van der Waals surface area contributed by atoms with E-state index in [0.29, 0.717) is 5.69 Å². The zero-order valence-corrected chi connectivity index (χ0v) is 49.1. The molecule has 0 spiro atoms. The van der Waals surface area contributed by atoms with Crippen molar-refractivity contribution in [3.8, 4) is 11.5 Å². The number of amides is 2. The number of methoxy groups -OCH3 is 1. The van der Waals surface area contributed by atoms with Crippen LogP contribution in [0, 0.1) is 42.2 Å². The van der Waals surface area contributed by atoms with Gasteiger partial charge in [-0.15, -0.1) is 0 Å². The molecular weight excluding hydrogens is 1110 g/mol. The number of phenolic OH excluding ortho intramolecular Hbond substituents is 1. The smallest absolute Gasteiger partial charge is 0.312 e. The van der Waals surface area contributed by atoms with Crippen LogP contribution in [0.4, 0.5) is 14.5 Å². The van der Waals surface area contributed by atoms with Gasteiger partial charge in [0.2, 0.25) is 5.78 Å². The van der Waals surface area contributed by atoms with Crippen LogP contribution in [0.5, 0.6) is 11.5 Å². The lowest BCUT2D eigenvalue weighted by atomic mass is 9.78. The maximum atomic E-state index is 15.2. The SMILES string of the molecule is [2H]C([2H])(c1ccccc1)C(NC(=O)c1ccccc1F)C(=O)Cc1cc(F)ccc1N1CCN(/N=C/C2=C3NC(=O)/C(C)=C\C=C\[C@H](C)[C@H](O)[C@@H](C)[C@@H](O)[C@@H](C)[C@H](OC(C)=O)[C@H](C)[C@@H](OC)/C=C/O[C@@]4(C)Oc5c(C)c(O)c(c(c5C4=O)C2=O)C3=O)CC1. The summed E-state index contributed by atoms with van der Waals surface area (Å²) in [6, 6.07) is 14.6. The number of benzene rings is 4. The number of hydrazone groups is 1. The summed E-state index contributed by atoms with van der Waals surface area (Å²) in [6.45, 7) is 12.5. The topological polar surface area (TPSA) is 260 Å². The maximum Gasteiger partial charge on any atom is 0.312 e. The highest BCUT2D eigenvalue weighted by atomic mass is 19.1. The van der Waals surface area contributed by atoms with E-state index in [-0.39, 0.29) is 54.2 Å². The molecule has 2 amide bonds. The number of piperazine rings is 1. The largest absolute Gasteiger partial charge is 0.507 e. The van der Waals surface area contributed by atoms with Gasteiger partial charge in [0.05, 0.1) is 77.7 Å². The first-order valence-electron chi connectivity index (χ1n) is 29.1. The van der Waals surface area contributed by atoms with Gasteiger partial charge in [-0.3, -0.25) is 38.6 Å². The van der Waals surface area contributed by atoms with Crippen LogP contribution in [0.15, 0.2) is 125 Å². The number of nitrogens with one attached hydrogen (secondary N) is 2. The summed E-state index contributed by atoms with van der Waals surface area (Å²) >= 11 is 0. The molecule has 5 aliphatic rings. The number of carbonyl (C=O) groups excluding carboxylic acids is 7. The Morgan fingerprint density at radius 2 is 1.58 bits per heavy atom. The van der Waals surface area contributed by atoms with Gasteiger partial charge < -0.3 is 49.8 Å². The predicted molar refractivity (Wildman–Crippen MR) is 313 cm³/mol. The van der Waals surface area contributed by atoms with E-state index in [2.05, 4.69) is 15.7 Å². The lowest BCUT2D eigenvalue weighted by molar-refractivity contribution is -0.160. The molecule has 19 nitrogen and oxygen atoms in total. The summed E-state index contributed by atoms with van der Waals surface area (Å²) in [5, 5.41) is 46.0. The van der Waals surface area contributed by atoms with E-state index in [9.17, 15) is 48.5 Å². The number of aromatic hydroxyl groups is 1. The van der Waals surface area contributed by atoms with Gasteiger partial charge in [-0.25, -0.2) is 8.78 Å². The number of rotatable bonds is 12. The number of allylic oxidation sites excluding steroid dienone is 4. The molecule has 86 heavy (non-hydrogen) atoms. The third-order valence-corrected chi connectivity index (χ3v) is 16.1. The molecule has 10 atom stereocenters. The van der Waals surface area contributed by atoms with Crippen LogP contribution in [-0.2, 0) is 41.4 Å². The van der Waals surface area contributed by atoms with Crippen molar-refractivity contribution in [1.29, 1.82) is 0 Å². The summed E-state index contributed by atoms with van der Waals surface area (Å²) < 4.78 is 71.9. The van der Waals surface area contributed by atoms with Crippen LogP contribution in [0.2, 0.25) is 0 Å². The second kappa shape index (κ2) is 26.7. The van der Waals surface area contributed by atoms with Crippen LogP contribution in [0.25, 0.3) is 0 Å². The highest BCUT2D eigenvalue weighted by molar-refractivity contribution is 6.38. The first-order valence-corrected chi connectivity index (χ1v) is 28.1. The van der Waals surface area contributed by atoms with Crippen LogP contribution in [0.3, 0.4) is 0 Å². The standard InChI is InChI=1S/C65H71F2N5O14/c1-34-16-15-17-35(2)63(81)70-54-45(33-68-72-27-25-71(26-28-72)48-23-22-43(66)31-42(48)32-49(74)47(30-41-18-11-10-12-19-41)69-64(82)44-20-13-14-21-46(44)67)58(78)51-52(59(54)79)57(77)39(6)61-53(51)62(80)65(8,86-61)84-29-24-50(83-9)36(3)60(85-40(7)73)38(5)56(76)37(4)55(34)75/h10-24,29,31,33-34,36-38,47,50,55-56,60,75-77H,25-28,30,32H2,1-9H3,(H,69,82)(H,70,81)/b16-15+,29-24+,35-17-,68-33+/t34-,36+,37+,38+,47?,50-,55-,56+,60+,65-/m0/s1/i30D2. The number of ether oxygens (including phenoxy) is 4. The Bertz CT molecular complexity index is 3580. The predicted octanol–water partition coefficient (Wildman–Crippen LogP) is 7.24. The van der Waals surface area contributed by atoms with Gasteiger partial charge in [0.1, 0.15) is 34.9 Å². The van der Waals surface area contributed by atoms with Crippen molar-refractivity contribution in [2.24, 2.45) is 28.8 Å². The van der Waals surface area contributed by atoms with Crippen LogP contribution in [0.1, 0.15) is 109 Å². The number of hydrogen-bond acceptors (Lipinski definition) is 17. The van der Waals surface area contributed by atoms with E-state index in [1.165, 1.54) is 101 Å². The second-order valence-corrected chi connectivity index (χ2v) is 22.1. The van der Waals surface area contributed by atoms with Crippen molar-refractivity contribution in [2.45, 2.75) is 104 Å². The number of fused-ring (bicyclic) bond motifs is 14. The van der Waals surface area contributed by atoms with Crippen LogP contribution < -0.4 is 20.3 Å². The lowest BCUT2D eigenvalue weighted by Crippen LogP contribution is -2.46. The summed E-state index contributed by atoms with van der Waals surface area (Å²) in [6.07, 6.45) is 0.741. The molecule has 4 aromatic carbocycles. The Hall–Kier alpha value is -8.66. The van der Waals surface area contributed by atoms with Gasteiger partial charge in [-0.05, 0) is 67.8 Å². The number of aliphatic hydroxyl groups excluding tert-OH is 2. The van der Waals surface area contributed by atoms with Gasteiger partial charge in [-0.2, -0.15) is 5.10 Å². The molecule has 0 aromatic heterocycles. The highest BCUT2D eigenvalue weighted by Gasteiger charge is 2.53.